The van der Waals surface area contributed by atoms with Gasteiger partial charge in [0.1, 0.15) is 5.82 Å². The molecule has 0 unspecified atom stereocenters. The van der Waals surface area contributed by atoms with Gasteiger partial charge < -0.3 is 15.7 Å². The second-order valence-corrected chi connectivity index (χ2v) is 6.09. The number of anilines is 1. The number of fused-ring (bicyclic) bond motifs is 1. The molecule has 0 radical (unpaired) electrons. The molecule has 126 valence electrons. The van der Waals surface area contributed by atoms with Crippen LogP contribution >= 0.6 is 0 Å². The lowest BCUT2D eigenvalue weighted by molar-refractivity contribution is -0.116. The standard InChI is InChI=1S/C17H23FN2O3/c1-3-17(4-2,10-21)9-19-16(23)12-7-11-5-6-15(22)20-14(11)8-13(12)18/h7-8,21H,3-6,9-10H2,1-2H3,(H,19,23)(H,20,22). The van der Waals surface area contributed by atoms with Crippen molar-refractivity contribution in [1.82, 2.24) is 5.32 Å². The number of carbonyl (C=O) groups is 2. The van der Waals surface area contributed by atoms with E-state index in [1.54, 1.807) is 0 Å². The van der Waals surface area contributed by atoms with Crippen LogP contribution in [0.2, 0.25) is 0 Å². The van der Waals surface area contributed by atoms with Crippen molar-refractivity contribution in [2.75, 3.05) is 18.5 Å². The average molecular weight is 322 g/mol. The van der Waals surface area contributed by atoms with Crippen LogP contribution in [-0.4, -0.2) is 30.1 Å². The Morgan fingerprint density at radius 3 is 2.65 bits per heavy atom. The topological polar surface area (TPSA) is 78.4 Å². The number of carbonyl (C=O) groups excluding carboxylic acids is 2. The van der Waals surface area contributed by atoms with Crippen LogP contribution in [0.25, 0.3) is 0 Å². The zero-order chi connectivity index (χ0) is 17.0. The Morgan fingerprint density at radius 2 is 2.04 bits per heavy atom. The first-order chi connectivity index (χ1) is 10.9. The summed E-state index contributed by atoms with van der Waals surface area (Å²) < 4.78 is 14.2. The van der Waals surface area contributed by atoms with Gasteiger partial charge in [0.2, 0.25) is 5.91 Å². The fourth-order valence-electron chi connectivity index (χ4n) is 2.72. The molecular weight excluding hydrogens is 299 g/mol. The molecule has 0 fully saturated rings. The summed E-state index contributed by atoms with van der Waals surface area (Å²) in [6.07, 6.45) is 2.27. The normalized spacial score (nSPS) is 14.2. The average Bonchev–Trinajstić information content (AvgIpc) is 2.55. The molecule has 3 N–H and O–H groups in total. The Labute approximate surface area is 135 Å². The molecule has 1 aliphatic rings. The van der Waals surface area contributed by atoms with Crippen molar-refractivity contribution in [2.45, 2.75) is 39.5 Å². The Morgan fingerprint density at radius 1 is 1.35 bits per heavy atom. The number of benzene rings is 1. The van der Waals surface area contributed by atoms with Gasteiger partial charge in [-0.1, -0.05) is 13.8 Å². The second-order valence-electron chi connectivity index (χ2n) is 6.09. The summed E-state index contributed by atoms with van der Waals surface area (Å²) in [4.78, 5) is 23.6. The van der Waals surface area contributed by atoms with E-state index in [4.69, 9.17) is 0 Å². The van der Waals surface area contributed by atoms with Crippen LogP contribution in [0.15, 0.2) is 12.1 Å². The van der Waals surface area contributed by atoms with Crippen molar-refractivity contribution in [3.05, 3.63) is 29.1 Å². The highest BCUT2D eigenvalue weighted by Crippen LogP contribution is 2.27. The highest BCUT2D eigenvalue weighted by molar-refractivity contribution is 5.98. The van der Waals surface area contributed by atoms with Gasteiger partial charge in [-0.25, -0.2) is 4.39 Å². The zero-order valence-corrected chi connectivity index (χ0v) is 13.5. The molecule has 1 aliphatic heterocycles. The molecule has 23 heavy (non-hydrogen) atoms. The molecule has 2 amide bonds. The summed E-state index contributed by atoms with van der Waals surface area (Å²) in [6.45, 7) is 4.17. The SMILES string of the molecule is CCC(CC)(CO)CNC(=O)c1cc2c(cc1F)NC(=O)CC2. The summed E-state index contributed by atoms with van der Waals surface area (Å²) in [5.74, 6) is -1.30. The van der Waals surface area contributed by atoms with E-state index in [-0.39, 0.29) is 23.5 Å². The van der Waals surface area contributed by atoms with E-state index < -0.39 is 11.7 Å². The van der Waals surface area contributed by atoms with Gasteiger partial charge in [0.15, 0.2) is 0 Å². The van der Waals surface area contributed by atoms with E-state index in [0.29, 0.717) is 25.1 Å². The maximum atomic E-state index is 14.2. The molecule has 2 rings (SSSR count). The Balaban J connectivity index is 2.15. The lowest BCUT2D eigenvalue weighted by Crippen LogP contribution is -2.39. The van der Waals surface area contributed by atoms with Gasteiger partial charge in [-0.2, -0.15) is 0 Å². The molecule has 5 nitrogen and oxygen atoms in total. The molecule has 0 saturated carbocycles. The van der Waals surface area contributed by atoms with Gasteiger partial charge in [0.25, 0.3) is 5.91 Å². The van der Waals surface area contributed by atoms with Crippen molar-refractivity contribution < 1.29 is 19.1 Å². The van der Waals surface area contributed by atoms with Crippen molar-refractivity contribution >= 4 is 17.5 Å². The number of nitrogens with one attached hydrogen (secondary N) is 2. The van der Waals surface area contributed by atoms with E-state index in [9.17, 15) is 19.1 Å². The van der Waals surface area contributed by atoms with Crippen molar-refractivity contribution in [2.24, 2.45) is 5.41 Å². The summed E-state index contributed by atoms with van der Waals surface area (Å²) in [5, 5.41) is 14.9. The molecule has 0 aliphatic carbocycles. The Hall–Kier alpha value is -1.95. The minimum Gasteiger partial charge on any atom is -0.396 e. The van der Waals surface area contributed by atoms with E-state index in [1.165, 1.54) is 12.1 Å². The predicted molar refractivity (Wildman–Crippen MR) is 85.8 cm³/mol. The molecule has 0 spiro atoms. The minimum absolute atomic E-state index is 0.0288. The van der Waals surface area contributed by atoms with Gasteiger partial charge in [-0.3, -0.25) is 9.59 Å². The molecule has 0 saturated heterocycles. The number of aryl methyl sites for hydroxylation is 1. The van der Waals surface area contributed by atoms with Gasteiger partial charge in [-0.05, 0) is 37.0 Å². The molecule has 1 aromatic carbocycles. The number of rotatable bonds is 6. The van der Waals surface area contributed by atoms with Gasteiger partial charge in [-0.15, -0.1) is 0 Å². The lowest BCUT2D eigenvalue weighted by atomic mass is 9.83. The van der Waals surface area contributed by atoms with Crippen molar-refractivity contribution in [3.8, 4) is 0 Å². The van der Waals surface area contributed by atoms with Crippen LogP contribution in [0.5, 0.6) is 0 Å². The molecule has 1 heterocycles. The quantitative estimate of drug-likeness (QED) is 0.751. The third kappa shape index (κ3) is 3.69. The van der Waals surface area contributed by atoms with E-state index in [0.717, 1.165) is 18.4 Å². The third-order valence-electron chi connectivity index (χ3n) is 4.79. The van der Waals surface area contributed by atoms with Crippen LogP contribution in [0.4, 0.5) is 10.1 Å². The Bertz CT molecular complexity index is 604. The Kier molecular flexibility index (Phi) is 5.36. The van der Waals surface area contributed by atoms with Gasteiger partial charge in [0, 0.05) is 24.1 Å². The summed E-state index contributed by atoms with van der Waals surface area (Å²) >= 11 is 0. The monoisotopic (exact) mass is 322 g/mol. The van der Waals surface area contributed by atoms with E-state index >= 15 is 0 Å². The fraction of sp³-hybridized carbons (Fsp3) is 0.529. The first kappa shape index (κ1) is 17.4. The number of aliphatic hydroxyl groups excluding tert-OH is 1. The van der Waals surface area contributed by atoms with Crippen LogP contribution in [0.3, 0.4) is 0 Å². The van der Waals surface area contributed by atoms with Crippen LogP contribution in [-0.2, 0) is 11.2 Å². The van der Waals surface area contributed by atoms with E-state index in [2.05, 4.69) is 10.6 Å². The maximum Gasteiger partial charge on any atom is 0.254 e. The number of hydrogen-bond donors (Lipinski definition) is 3. The van der Waals surface area contributed by atoms with E-state index in [1.807, 2.05) is 13.8 Å². The molecule has 1 aromatic rings. The van der Waals surface area contributed by atoms with Crippen LogP contribution in [0.1, 0.15) is 49.0 Å². The second kappa shape index (κ2) is 7.08. The number of aliphatic hydroxyl groups is 1. The molecule has 0 bridgehead atoms. The molecule has 0 atom stereocenters. The largest absolute Gasteiger partial charge is 0.396 e. The summed E-state index contributed by atoms with van der Waals surface area (Å²) in [6, 6.07) is 2.69. The maximum absolute atomic E-state index is 14.2. The summed E-state index contributed by atoms with van der Waals surface area (Å²) in [5.41, 5.74) is 0.783. The van der Waals surface area contributed by atoms with Crippen LogP contribution < -0.4 is 10.6 Å². The lowest BCUT2D eigenvalue weighted by Gasteiger charge is -2.29. The first-order valence-corrected chi connectivity index (χ1v) is 7.96. The molecule has 0 aromatic heterocycles. The minimum atomic E-state index is -0.661. The fourth-order valence-corrected chi connectivity index (χ4v) is 2.72. The molecule has 6 heteroatoms. The predicted octanol–water partition coefficient (Wildman–Crippen LogP) is 2.24. The molecular formula is C17H23FN2O3. The number of halogens is 1. The highest BCUT2D eigenvalue weighted by Gasteiger charge is 2.27. The summed E-state index contributed by atoms with van der Waals surface area (Å²) in [7, 11) is 0. The smallest absolute Gasteiger partial charge is 0.254 e. The van der Waals surface area contributed by atoms with Crippen molar-refractivity contribution in [3.63, 3.8) is 0 Å². The van der Waals surface area contributed by atoms with Gasteiger partial charge >= 0.3 is 0 Å². The van der Waals surface area contributed by atoms with Crippen LogP contribution in [0, 0.1) is 11.2 Å². The van der Waals surface area contributed by atoms with Crippen molar-refractivity contribution in [1.29, 1.82) is 0 Å². The number of amides is 2. The highest BCUT2D eigenvalue weighted by atomic mass is 19.1. The zero-order valence-electron chi connectivity index (χ0n) is 13.5. The number of hydrogen-bond acceptors (Lipinski definition) is 3. The third-order valence-corrected chi connectivity index (χ3v) is 4.79. The van der Waals surface area contributed by atoms with Gasteiger partial charge in [0.05, 0.1) is 12.2 Å². The first-order valence-electron chi connectivity index (χ1n) is 7.96.